The molecule has 96 valence electrons. The Morgan fingerprint density at radius 3 is 2.53 bits per heavy atom. The number of methoxy groups -OCH3 is 1. The van der Waals surface area contributed by atoms with Crippen LogP contribution in [0, 0.1) is 13.8 Å². The van der Waals surface area contributed by atoms with E-state index in [2.05, 4.69) is 27.6 Å². The number of nitrogens with two attached hydrogens (primary N) is 1. The Balaban J connectivity index is 2.79. The minimum Gasteiger partial charge on any atom is -0.385 e. The molecule has 4 N–H and O–H groups in total. The maximum atomic E-state index is 5.41. The number of ether oxygens (including phenoxy) is 1. The van der Waals surface area contributed by atoms with Crippen LogP contribution in [0.3, 0.4) is 0 Å². The molecule has 0 aromatic carbocycles. The number of hydrogen-bond acceptors (Lipinski definition) is 6. The van der Waals surface area contributed by atoms with E-state index in [4.69, 9.17) is 10.6 Å². The smallest absolute Gasteiger partial charge is 0.148 e. The van der Waals surface area contributed by atoms with E-state index in [0.29, 0.717) is 11.6 Å². The van der Waals surface area contributed by atoms with Crippen LogP contribution in [-0.2, 0) is 4.74 Å². The topological polar surface area (TPSA) is 85.1 Å². The van der Waals surface area contributed by atoms with E-state index in [1.165, 1.54) is 0 Å². The van der Waals surface area contributed by atoms with Crippen molar-refractivity contribution in [3.8, 4) is 0 Å². The second kappa shape index (κ2) is 6.36. The molecule has 0 bridgehead atoms. The number of nitrogens with one attached hydrogen (secondary N) is 2. The van der Waals surface area contributed by atoms with Gasteiger partial charge in [0.1, 0.15) is 17.5 Å². The van der Waals surface area contributed by atoms with Crippen molar-refractivity contribution in [3.05, 3.63) is 11.4 Å². The molecule has 0 aliphatic heterocycles. The van der Waals surface area contributed by atoms with Gasteiger partial charge in [0.2, 0.25) is 0 Å². The zero-order valence-corrected chi connectivity index (χ0v) is 10.9. The van der Waals surface area contributed by atoms with Crippen molar-refractivity contribution in [1.29, 1.82) is 0 Å². The summed E-state index contributed by atoms with van der Waals surface area (Å²) in [6.07, 6.45) is 0.921. The Labute approximate surface area is 102 Å². The third kappa shape index (κ3) is 3.83. The number of anilines is 2. The SMILES string of the molecule is COCCC(C)Nc1nc(C)nc(NN)c1C. The fraction of sp³-hybridized carbons (Fsp3) is 0.636. The summed E-state index contributed by atoms with van der Waals surface area (Å²) in [6.45, 7) is 6.58. The molecule has 0 saturated heterocycles. The van der Waals surface area contributed by atoms with E-state index in [1.807, 2.05) is 13.8 Å². The molecule has 0 saturated carbocycles. The number of rotatable bonds is 6. The van der Waals surface area contributed by atoms with Gasteiger partial charge < -0.3 is 15.5 Å². The molecule has 6 heteroatoms. The number of aryl methyl sites for hydroxylation is 1. The third-order valence-corrected chi connectivity index (χ3v) is 2.53. The highest BCUT2D eigenvalue weighted by molar-refractivity contribution is 5.56. The van der Waals surface area contributed by atoms with Gasteiger partial charge in [0, 0.05) is 25.3 Å². The Bertz CT molecular complexity index is 369. The van der Waals surface area contributed by atoms with Crippen LogP contribution in [0.5, 0.6) is 0 Å². The Morgan fingerprint density at radius 1 is 1.29 bits per heavy atom. The predicted octanol–water partition coefficient (Wildman–Crippen LogP) is 1.22. The third-order valence-electron chi connectivity index (χ3n) is 2.53. The van der Waals surface area contributed by atoms with E-state index in [-0.39, 0.29) is 6.04 Å². The summed E-state index contributed by atoms with van der Waals surface area (Å²) in [5, 5.41) is 3.33. The molecule has 0 fully saturated rings. The first kappa shape index (κ1) is 13.7. The fourth-order valence-electron chi connectivity index (χ4n) is 1.51. The van der Waals surface area contributed by atoms with Gasteiger partial charge in [0.05, 0.1) is 0 Å². The molecular weight excluding hydrogens is 218 g/mol. The molecule has 17 heavy (non-hydrogen) atoms. The molecule has 1 aromatic heterocycles. The van der Waals surface area contributed by atoms with Crippen LogP contribution in [-0.4, -0.2) is 29.7 Å². The van der Waals surface area contributed by atoms with Gasteiger partial charge in [-0.25, -0.2) is 15.8 Å². The van der Waals surface area contributed by atoms with Crippen LogP contribution in [0.4, 0.5) is 11.6 Å². The van der Waals surface area contributed by atoms with E-state index < -0.39 is 0 Å². The summed E-state index contributed by atoms with van der Waals surface area (Å²) in [6, 6.07) is 0.286. The van der Waals surface area contributed by atoms with E-state index in [1.54, 1.807) is 7.11 Å². The van der Waals surface area contributed by atoms with Crippen molar-refractivity contribution in [3.63, 3.8) is 0 Å². The largest absolute Gasteiger partial charge is 0.385 e. The molecule has 0 aliphatic rings. The monoisotopic (exact) mass is 239 g/mol. The summed E-state index contributed by atoms with van der Waals surface area (Å²) < 4.78 is 5.04. The number of nitrogen functional groups attached to an aromatic ring is 1. The zero-order valence-electron chi connectivity index (χ0n) is 10.9. The van der Waals surface area contributed by atoms with E-state index in [0.717, 1.165) is 24.4 Å². The van der Waals surface area contributed by atoms with Crippen molar-refractivity contribution in [2.24, 2.45) is 5.84 Å². The second-order valence-corrected chi connectivity index (χ2v) is 4.06. The van der Waals surface area contributed by atoms with Crippen molar-refractivity contribution in [2.45, 2.75) is 33.2 Å². The lowest BCUT2D eigenvalue weighted by Gasteiger charge is -2.17. The van der Waals surface area contributed by atoms with Crippen LogP contribution in [0.15, 0.2) is 0 Å². The van der Waals surface area contributed by atoms with Crippen molar-refractivity contribution >= 4 is 11.6 Å². The Hall–Kier alpha value is -1.40. The minimum absolute atomic E-state index is 0.286. The molecule has 0 amide bonds. The summed E-state index contributed by atoms with van der Waals surface area (Å²) >= 11 is 0. The van der Waals surface area contributed by atoms with Gasteiger partial charge in [-0.1, -0.05) is 0 Å². The molecule has 0 aliphatic carbocycles. The highest BCUT2D eigenvalue weighted by Gasteiger charge is 2.10. The summed E-state index contributed by atoms with van der Waals surface area (Å²) in [5.74, 6) is 7.56. The first-order chi connectivity index (χ1) is 8.08. The molecule has 0 radical (unpaired) electrons. The van der Waals surface area contributed by atoms with E-state index in [9.17, 15) is 0 Å². The standard InChI is InChI=1S/C11H21N5O/c1-7(5-6-17-4)13-10-8(2)11(16-12)15-9(3)14-10/h7H,5-6,12H2,1-4H3,(H2,13,14,15,16). The average Bonchev–Trinajstić information content (AvgIpc) is 2.30. The lowest BCUT2D eigenvalue weighted by molar-refractivity contribution is 0.191. The number of hydrogen-bond donors (Lipinski definition) is 3. The zero-order chi connectivity index (χ0) is 12.8. The van der Waals surface area contributed by atoms with Gasteiger partial charge >= 0.3 is 0 Å². The van der Waals surface area contributed by atoms with Gasteiger partial charge in [-0.15, -0.1) is 0 Å². The minimum atomic E-state index is 0.286. The lowest BCUT2D eigenvalue weighted by atomic mass is 10.2. The number of hydrazine groups is 1. The lowest BCUT2D eigenvalue weighted by Crippen LogP contribution is -2.20. The Kier molecular flexibility index (Phi) is 5.11. The summed E-state index contributed by atoms with van der Waals surface area (Å²) in [7, 11) is 1.70. The molecular formula is C11H21N5O. The van der Waals surface area contributed by atoms with Gasteiger partial charge in [-0.05, 0) is 27.2 Å². The van der Waals surface area contributed by atoms with Crippen LogP contribution >= 0.6 is 0 Å². The maximum Gasteiger partial charge on any atom is 0.148 e. The predicted molar refractivity (Wildman–Crippen MR) is 68.9 cm³/mol. The number of nitrogens with zero attached hydrogens (tertiary/aromatic N) is 2. The van der Waals surface area contributed by atoms with Gasteiger partial charge in [-0.3, -0.25) is 0 Å². The first-order valence-corrected chi connectivity index (χ1v) is 5.65. The van der Waals surface area contributed by atoms with E-state index >= 15 is 0 Å². The maximum absolute atomic E-state index is 5.41. The molecule has 1 aromatic rings. The van der Waals surface area contributed by atoms with Crippen LogP contribution < -0.4 is 16.6 Å². The molecule has 0 spiro atoms. The second-order valence-electron chi connectivity index (χ2n) is 4.06. The molecule has 1 atom stereocenters. The van der Waals surface area contributed by atoms with Gasteiger partial charge in [0.25, 0.3) is 0 Å². The summed E-state index contributed by atoms with van der Waals surface area (Å²) in [5.41, 5.74) is 3.50. The highest BCUT2D eigenvalue weighted by atomic mass is 16.5. The van der Waals surface area contributed by atoms with Crippen LogP contribution in [0.1, 0.15) is 24.7 Å². The molecule has 1 unspecified atom stereocenters. The Morgan fingerprint density at radius 2 is 1.94 bits per heavy atom. The van der Waals surface area contributed by atoms with Crippen molar-refractivity contribution in [2.75, 3.05) is 24.5 Å². The van der Waals surface area contributed by atoms with Crippen molar-refractivity contribution in [1.82, 2.24) is 9.97 Å². The average molecular weight is 239 g/mol. The van der Waals surface area contributed by atoms with Gasteiger partial charge in [-0.2, -0.15) is 0 Å². The summed E-state index contributed by atoms with van der Waals surface area (Å²) in [4.78, 5) is 8.58. The van der Waals surface area contributed by atoms with Crippen LogP contribution in [0.25, 0.3) is 0 Å². The normalized spacial score (nSPS) is 12.3. The molecule has 6 nitrogen and oxygen atoms in total. The highest BCUT2D eigenvalue weighted by Crippen LogP contribution is 2.19. The van der Waals surface area contributed by atoms with Gasteiger partial charge in [0.15, 0.2) is 0 Å². The molecule has 1 rings (SSSR count). The molecule has 1 heterocycles. The number of aromatic nitrogens is 2. The fourth-order valence-corrected chi connectivity index (χ4v) is 1.51. The quantitative estimate of drug-likeness (QED) is 0.511. The van der Waals surface area contributed by atoms with Crippen LogP contribution in [0.2, 0.25) is 0 Å². The first-order valence-electron chi connectivity index (χ1n) is 5.65. The van der Waals surface area contributed by atoms with Crippen molar-refractivity contribution < 1.29 is 4.74 Å².